The average Bonchev–Trinajstić information content (AvgIpc) is 3.37. The van der Waals surface area contributed by atoms with Crippen molar-refractivity contribution in [3.05, 3.63) is 72.9 Å². The molecule has 0 aromatic heterocycles. The standard InChI is InChI=1S/C65H114O6/c1-4-7-10-13-16-19-22-25-28-31-33-35-37-40-43-46-49-52-55-58-64(67)70-61-62(60-69-63(66)57-54-51-48-45-42-39-36-30-27-24-21-18-15-12-9-6-3)71-65(68)59-56-53-50-47-44-41-38-34-32-29-26-23-20-17-14-11-8-5-2/h11,14,17,20,23,26,29,31-34,38,62H,4-10,12-13,15-16,18-19,21-22,24-25,27-28,30,35-37,39-61H2,1-3H3/b14-11-,20-17-,26-23-,32-29-,33-31-,38-34-. The molecule has 0 fully saturated rings. The zero-order valence-electron chi connectivity index (χ0n) is 47.0. The van der Waals surface area contributed by atoms with Crippen LogP contribution in [0.25, 0.3) is 0 Å². The van der Waals surface area contributed by atoms with Crippen LogP contribution in [-0.4, -0.2) is 37.2 Å². The first-order valence-corrected chi connectivity index (χ1v) is 30.5. The Kier molecular flexibility index (Phi) is 56.8. The van der Waals surface area contributed by atoms with Crippen LogP contribution in [-0.2, 0) is 28.6 Å². The van der Waals surface area contributed by atoms with Crippen molar-refractivity contribution in [1.29, 1.82) is 0 Å². The fourth-order valence-electron chi connectivity index (χ4n) is 8.70. The van der Waals surface area contributed by atoms with Gasteiger partial charge in [0.1, 0.15) is 13.2 Å². The van der Waals surface area contributed by atoms with Crippen LogP contribution in [0.2, 0.25) is 0 Å². The lowest BCUT2D eigenvalue weighted by Crippen LogP contribution is -2.30. The monoisotopic (exact) mass is 991 g/mol. The van der Waals surface area contributed by atoms with Gasteiger partial charge >= 0.3 is 17.9 Å². The molecule has 1 unspecified atom stereocenters. The molecule has 0 aliphatic carbocycles. The maximum Gasteiger partial charge on any atom is 0.306 e. The minimum Gasteiger partial charge on any atom is -0.462 e. The van der Waals surface area contributed by atoms with E-state index < -0.39 is 6.10 Å². The van der Waals surface area contributed by atoms with Crippen molar-refractivity contribution in [2.75, 3.05) is 13.2 Å². The third-order valence-corrected chi connectivity index (χ3v) is 13.3. The smallest absolute Gasteiger partial charge is 0.306 e. The summed E-state index contributed by atoms with van der Waals surface area (Å²) in [6.07, 6.45) is 76.0. The average molecular weight is 992 g/mol. The van der Waals surface area contributed by atoms with Crippen LogP contribution in [0.15, 0.2) is 72.9 Å². The molecule has 0 aliphatic heterocycles. The lowest BCUT2D eigenvalue weighted by Gasteiger charge is -2.18. The lowest BCUT2D eigenvalue weighted by atomic mass is 10.0. The van der Waals surface area contributed by atoms with Crippen LogP contribution in [0.3, 0.4) is 0 Å². The van der Waals surface area contributed by atoms with Gasteiger partial charge in [-0.3, -0.25) is 14.4 Å². The Bertz CT molecular complexity index is 1320. The summed E-state index contributed by atoms with van der Waals surface area (Å²) in [5.41, 5.74) is 0. The zero-order chi connectivity index (χ0) is 51.4. The maximum absolute atomic E-state index is 12.9. The quantitative estimate of drug-likeness (QED) is 0.0199. The van der Waals surface area contributed by atoms with Gasteiger partial charge < -0.3 is 14.2 Å². The van der Waals surface area contributed by atoms with Crippen molar-refractivity contribution in [1.82, 2.24) is 0 Å². The second-order valence-electron chi connectivity index (χ2n) is 20.4. The first-order valence-electron chi connectivity index (χ1n) is 30.5. The highest BCUT2D eigenvalue weighted by Crippen LogP contribution is 2.16. The van der Waals surface area contributed by atoms with Crippen LogP contribution in [0.4, 0.5) is 0 Å². The van der Waals surface area contributed by atoms with Gasteiger partial charge in [-0.15, -0.1) is 0 Å². The van der Waals surface area contributed by atoms with E-state index in [4.69, 9.17) is 14.2 Å². The zero-order valence-corrected chi connectivity index (χ0v) is 47.0. The third kappa shape index (κ3) is 57.6. The molecule has 1 atom stereocenters. The molecule has 0 saturated heterocycles. The van der Waals surface area contributed by atoms with Crippen LogP contribution in [0, 0.1) is 0 Å². The van der Waals surface area contributed by atoms with Crippen molar-refractivity contribution in [2.45, 2.75) is 309 Å². The molecule has 0 saturated carbocycles. The first kappa shape index (κ1) is 67.8. The number of hydrogen-bond acceptors (Lipinski definition) is 6. The Morgan fingerprint density at radius 1 is 0.282 bits per heavy atom. The number of hydrogen-bond donors (Lipinski definition) is 0. The van der Waals surface area contributed by atoms with E-state index in [1.54, 1.807) is 0 Å². The lowest BCUT2D eigenvalue weighted by molar-refractivity contribution is -0.167. The first-order chi connectivity index (χ1) is 35.0. The van der Waals surface area contributed by atoms with E-state index in [1.165, 1.54) is 180 Å². The summed E-state index contributed by atoms with van der Waals surface area (Å²) in [5, 5.41) is 0. The number of ether oxygens (including phenoxy) is 3. The molecule has 0 bridgehead atoms. The highest BCUT2D eigenvalue weighted by molar-refractivity contribution is 5.71. The Labute approximate surface area is 440 Å². The summed E-state index contributed by atoms with van der Waals surface area (Å²) >= 11 is 0. The molecule has 0 aromatic carbocycles. The van der Waals surface area contributed by atoms with Gasteiger partial charge in [-0.2, -0.15) is 0 Å². The number of unbranched alkanes of at least 4 members (excludes halogenated alkanes) is 36. The van der Waals surface area contributed by atoms with Gasteiger partial charge in [-0.05, 0) is 64.2 Å². The van der Waals surface area contributed by atoms with Crippen LogP contribution < -0.4 is 0 Å². The summed E-state index contributed by atoms with van der Waals surface area (Å²) in [5.74, 6) is -0.900. The molecule has 0 aliphatic rings. The molecule has 0 spiro atoms. The van der Waals surface area contributed by atoms with E-state index in [9.17, 15) is 14.4 Å². The molecule has 6 nitrogen and oxygen atoms in total. The van der Waals surface area contributed by atoms with Crippen molar-refractivity contribution in [2.24, 2.45) is 0 Å². The Hall–Kier alpha value is -3.15. The van der Waals surface area contributed by atoms with E-state index in [0.29, 0.717) is 19.3 Å². The third-order valence-electron chi connectivity index (χ3n) is 13.3. The normalized spacial score (nSPS) is 12.5. The molecular weight excluding hydrogens is 877 g/mol. The molecule has 0 aromatic rings. The number of esters is 3. The van der Waals surface area contributed by atoms with Crippen molar-refractivity contribution >= 4 is 17.9 Å². The SMILES string of the molecule is CCC\C=C/C=C\C=C/C=C\C=C/CCCCCCCC(=O)OC(COC(=O)CCCCCCCCC/C=C\CCCCCCCCCC)COC(=O)CCCCCCCCCCCCCCCCCC. The molecule has 410 valence electrons. The highest BCUT2D eigenvalue weighted by atomic mass is 16.6. The van der Waals surface area contributed by atoms with Gasteiger partial charge in [0.25, 0.3) is 0 Å². The summed E-state index contributed by atoms with van der Waals surface area (Å²) in [7, 11) is 0. The largest absolute Gasteiger partial charge is 0.462 e. The van der Waals surface area contributed by atoms with Gasteiger partial charge in [0.15, 0.2) is 6.10 Å². The minimum absolute atomic E-state index is 0.0848. The minimum atomic E-state index is -0.790. The Morgan fingerprint density at radius 2 is 0.549 bits per heavy atom. The second kappa shape index (κ2) is 59.4. The molecule has 0 rings (SSSR count). The van der Waals surface area contributed by atoms with Gasteiger partial charge in [-0.25, -0.2) is 0 Å². The van der Waals surface area contributed by atoms with Crippen LogP contribution in [0.1, 0.15) is 303 Å². The Balaban J connectivity index is 4.42. The van der Waals surface area contributed by atoms with E-state index in [1.807, 2.05) is 24.3 Å². The predicted octanol–water partition coefficient (Wildman–Crippen LogP) is 20.5. The topological polar surface area (TPSA) is 78.9 Å². The molecular formula is C65H114O6. The van der Waals surface area contributed by atoms with Crippen LogP contribution >= 0.6 is 0 Å². The molecule has 0 amide bonds. The van der Waals surface area contributed by atoms with E-state index in [0.717, 1.165) is 83.5 Å². The highest BCUT2D eigenvalue weighted by Gasteiger charge is 2.19. The summed E-state index contributed by atoms with van der Waals surface area (Å²) < 4.78 is 16.9. The number of carbonyl (C=O) groups excluding carboxylic acids is 3. The second-order valence-corrected chi connectivity index (χ2v) is 20.4. The van der Waals surface area contributed by atoms with Crippen molar-refractivity contribution in [3.8, 4) is 0 Å². The van der Waals surface area contributed by atoms with Gasteiger partial charge in [0, 0.05) is 19.3 Å². The number of rotatable bonds is 55. The molecule has 6 heteroatoms. The van der Waals surface area contributed by atoms with Gasteiger partial charge in [0.05, 0.1) is 0 Å². The molecule has 71 heavy (non-hydrogen) atoms. The molecule has 0 radical (unpaired) electrons. The van der Waals surface area contributed by atoms with Crippen molar-refractivity contribution in [3.63, 3.8) is 0 Å². The summed E-state index contributed by atoms with van der Waals surface area (Å²) in [6.45, 7) is 6.56. The fraction of sp³-hybridized carbons (Fsp3) is 0.769. The molecule has 0 N–H and O–H groups in total. The fourth-order valence-corrected chi connectivity index (χ4v) is 8.70. The van der Waals surface area contributed by atoms with E-state index >= 15 is 0 Å². The van der Waals surface area contributed by atoms with Crippen LogP contribution in [0.5, 0.6) is 0 Å². The van der Waals surface area contributed by atoms with Crippen molar-refractivity contribution < 1.29 is 28.6 Å². The summed E-state index contributed by atoms with van der Waals surface area (Å²) in [4.78, 5) is 38.3. The van der Waals surface area contributed by atoms with Gasteiger partial charge in [0.2, 0.25) is 0 Å². The predicted molar refractivity (Wildman–Crippen MR) is 307 cm³/mol. The number of carbonyl (C=O) groups is 3. The van der Waals surface area contributed by atoms with E-state index in [2.05, 4.69) is 69.4 Å². The van der Waals surface area contributed by atoms with Gasteiger partial charge in [-0.1, -0.05) is 293 Å². The van der Waals surface area contributed by atoms with E-state index in [-0.39, 0.29) is 31.1 Å². The summed E-state index contributed by atoms with van der Waals surface area (Å²) in [6, 6.07) is 0. The Morgan fingerprint density at radius 3 is 0.887 bits per heavy atom. The maximum atomic E-state index is 12.9. The molecule has 0 heterocycles. The number of allylic oxidation sites excluding steroid dienone is 12.